The molecular formula is C38H32F3N3O5. The summed E-state index contributed by atoms with van der Waals surface area (Å²) in [5, 5.41) is 3.20. The number of urea groups is 1. The normalized spacial score (nSPS) is 17.3. The molecule has 1 atom stereocenters. The molecule has 0 spiro atoms. The maximum absolute atomic E-state index is 14.0. The molecule has 0 aliphatic carbocycles. The SMILES string of the molecule is CC1(c2ccc3c(c2)OCCO3)NC(=O)N(CCCOc2cccc(-c3c(Cc4ccccc4)cnc4c(C(F)(F)F)cccc34)c2)C1=O. The number of rotatable bonds is 9. The van der Waals surface area contributed by atoms with Gasteiger partial charge in [0.15, 0.2) is 11.5 Å². The number of para-hydroxylation sites is 1. The predicted octanol–water partition coefficient (Wildman–Crippen LogP) is 7.52. The maximum atomic E-state index is 14.0. The second-order valence-electron chi connectivity index (χ2n) is 12.1. The zero-order chi connectivity index (χ0) is 34.2. The molecule has 3 amide bonds. The van der Waals surface area contributed by atoms with Crippen molar-refractivity contribution in [3.8, 4) is 28.4 Å². The van der Waals surface area contributed by atoms with Gasteiger partial charge in [0.05, 0.1) is 17.7 Å². The third-order valence-corrected chi connectivity index (χ3v) is 8.83. The van der Waals surface area contributed by atoms with Gasteiger partial charge in [0.25, 0.3) is 5.91 Å². The first-order valence-corrected chi connectivity index (χ1v) is 15.9. The topological polar surface area (TPSA) is 90.0 Å². The summed E-state index contributed by atoms with van der Waals surface area (Å²) in [5.41, 5.74) is 1.50. The van der Waals surface area contributed by atoms with Crippen molar-refractivity contribution in [2.24, 2.45) is 0 Å². The van der Waals surface area contributed by atoms with Crippen LogP contribution in [0.5, 0.6) is 17.2 Å². The number of pyridine rings is 1. The first kappa shape index (κ1) is 32.0. The highest BCUT2D eigenvalue weighted by Gasteiger charge is 2.49. The summed E-state index contributed by atoms with van der Waals surface area (Å²) >= 11 is 0. The molecule has 3 heterocycles. The van der Waals surface area contributed by atoms with Crippen molar-refractivity contribution < 1.29 is 37.0 Å². The third kappa shape index (κ3) is 6.24. The molecule has 0 radical (unpaired) electrons. The van der Waals surface area contributed by atoms with Crippen LogP contribution in [0, 0.1) is 0 Å². The van der Waals surface area contributed by atoms with Gasteiger partial charge in [-0.3, -0.25) is 14.7 Å². The van der Waals surface area contributed by atoms with Crippen LogP contribution in [-0.2, 0) is 22.9 Å². The number of alkyl halides is 3. The largest absolute Gasteiger partial charge is 0.494 e. The van der Waals surface area contributed by atoms with Crippen molar-refractivity contribution in [1.82, 2.24) is 15.2 Å². The second kappa shape index (κ2) is 12.8. The van der Waals surface area contributed by atoms with Crippen molar-refractivity contribution in [3.05, 3.63) is 119 Å². The Morgan fingerprint density at radius 3 is 2.49 bits per heavy atom. The van der Waals surface area contributed by atoms with Gasteiger partial charge >= 0.3 is 12.2 Å². The van der Waals surface area contributed by atoms with Gasteiger partial charge in [-0.25, -0.2) is 4.79 Å². The zero-order valence-electron chi connectivity index (χ0n) is 26.5. The third-order valence-electron chi connectivity index (χ3n) is 8.83. The van der Waals surface area contributed by atoms with Crippen molar-refractivity contribution in [1.29, 1.82) is 0 Å². The number of aromatic nitrogens is 1. The van der Waals surface area contributed by atoms with Gasteiger partial charge < -0.3 is 19.5 Å². The van der Waals surface area contributed by atoms with Crippen LogP contribution in [0.1, 0.15) is 35.6 Å². The zero-order valence-corrected chi connectivity index (χ0v) is 26.5. The number of halogens is 3. The maximum Gasteiger partial charge on any atom is 0.418 e. The molecule has 2 aliphatic rings. The summed E-state index contributed by atoms with van der Waals surface area (Å²) in [5.74, 6) is 1.22. The lowest BCUT2D eigenvalue weighted by Crippen LogP contribution is -2.41. The molecule has 5 aromatic rings. The van der Waals surface area contributed by atoms with E-state index in [0.717, 1.165) is 17.2 Å². The number of carbonyl (C=O) groups excluding carboxylic acids is 2. The van der Waals surface area contributed by atoms with Crippen LogP contribution in [-0.4, -0.2) is 48.2 Å². The fourth-order valence-corrected chi connectivity index (χ4v) is 6.39. The van der Waals surface area contributed by atoms with Gasteiger partial charge in [-0.15, -0.1) is 0 Å². The van der Waals surface area contributed by atoms with Crippen LogP contribution in [0.2, 0.25) is 0 Å². The lowest BCUT2D eigenvalue weighted by atomic mass is 9.91. The Labute approximate surface area is 280 Å². The van der Waals surface area contributed by atoms with Gasteiger partial charge in [0.1, 0.15) is 24.5 Å². The van der Waals surface area contributed by atoms with Crippen LogP contribution >= 0.6 is 0 Å². The average Bonchev–Trinajstić information content (AvgIpc) is 3.33. The Balaban J connectivity index is 1.09. The van der Waals surface area contributed by atoms with E-state index in [0.29, 0.717) is 65.4 Å². The highest BCUT2D eigenvalue weighted by atomic mass is 19.4. The van der Waals surface area contributed by atoms with Gasteiger partial charge in [-0.2, -0.15) is 13.2 Å². The number of hydrogen-bond acceptors (Lipinski definition) is 6. The van der Waals surface area contributed by atoms with Crippen LogP contribution in [0.25, 0.3) is 22.0 Å². The lowest BCUT2D eigenvalue weighted by molar-refractivity contribution is -0.136. The molecule has 49 heavy (non-hydrogen) atoms. The summed E-state index contributed by atoms with van der Waals surface area (Å²) in [6.45, 7) is 2.81. The minimum Gasteiger partial charge on any atom is -0.494 e. The number of fused-ring (bicyclic) bond motifs is 2. The van der Waals surface area contributed by atoms with E-state index >= 15 is 0 Å². The van der Waals surface area contributed by atoms with Crippen molar-refractivity contribution in [3.63, 3.8) is 0 Å². The summed E-state index contributed by atoms with van der Waals surface area (Å²) in [7, 11) is 0. The minimum atomic E-state index is -4.56. The summed E-state index contributed by atoms with van der Waals surface area (Å²) in [4.78, 5) is 31.8. The molecule has 1 fully saturated rings. The highest BCUT2D eigenvalue weighted by molar-refractivity contribution is 6.07. The molecule has 1 N–H and O–H groups in total. The second-order valence-corrected chi connectivity index (χ2v) is 12.1. The van der Waals surface area contributed by atoms with Gasteiger partial charge in [0, 0.05) is 18.1 Å². The van der Waals surface area contributed by atoms with Crippen LogP contribution in [0.15, 0.2) is 97.2 Å². The average molecular weight is 668 g/mol. The summed E-state index contributed by atoms with van der Waals surface area (Å²) < 4.78 is 59.2. The fraction of sp³-hybridized carbons (Fsp3) is 0.237. The molecule has 1 saturated heterocycles. The van der Waals surface area contributed by atoms with Crippen molar-refractivity contribution in [2.45, 2.75) is 31.5 Å². The van der Waals surface area contributed by atoms with E-state index in [2.05, 4.69) is 10.3 Å². The van der Waals surface area contributed by atoms with Gasteiger partial charge in [-0.05, 0) is 77.9 Å². The van der Waals surface area contributed by atoms with E-state index < -0.39 is 23.3 Å². The van der Waals surface area contributed by atoms with E-state index in [-0.39, 0.29) is 24.6 Å². The summed E-state index contributed by atoms with van der Waals surface area (Å²) in [6.07, 6.45) is -2.22. The predicted molar refractivity (Wildman–Crippen MR) is 177 cm³/mol. The highest BCUT2D eigenvalue weighted by Crippen LogP contribution is 2.40. The summed E-state index contributed by atoms with van der Waals surface area (Å²) in [6, 6.07) is 25.6. The molecule has 1 aromatic heterocycles. The number of amides is 3. The minimum absolute atomic E-state index is 0.120. The van der Waals surface area contributed by atoms with E-state index in [1.165, 1.54) is 17.2 Å². The molecule has 1 unspecified atom stereocenters. The van der Waals surface area contributed by atoms with Gasteiger partial charge in [-0.1, -0.05) is 60.7 Å². The Hall–Kier alpha value is -5.58. The number of nitrogens with one attached hydrogen (secondary N) is 1. The molecule has 0 saturated carbocycles. The molecule has 250 valence electrons. The Kier molecular flexibility index (Phi) is 8.35. The monoisotopic (exact) mass is 667 g/mol. The quantitative estimate of drug-likeness (QED) is 0.129. The Morgan fingerprint density at radius 1 is 0.918 bits per heavy atom. The number of benzene rings is 4. The lowest BCUT2D eigenvalue weighted by Gasteiger charge is -2.25. The first-order chi connectivity index (χ1) is 23.6. The number of nitrogens with zero attached hydrogens (tertiary/aromatic N) is 2. The molecule has 4 aromatic carbocycles. The molecule has 8 nitrogen and oxygen atoms in total. The van der Waals surface area contributed by atoms with Crippen LogP contribution in [0.4, 0.5) is 18.0 Å². The fourth-order valence-electron chi connectivity index (χ4n) is 6.39. The molecule has 0 bridgehead atoms. The van der Waals surface area contributed by atoms with E-state index in [1.54, 1.807) is 49.4 Å². The Bertz CT molecular complexity index is 2050. The van der Waals surface area contributed by atoms with Crippen molar-refractivity contribution in [2.75, 3.05) is 26.4 Å². The standard InChI is InChI=1S/C38H32F3N3O5/c1-37(27-14-15-31-32(22-27)49-19-18-48-31)35(45)44(36(46)43-37)16-7-17-47-28-11-5-10-25(21-28)33-26(20-24-8-3-2-4-9-24)23-42-34-29(33)12-6-13-30(34)38(39,40)41/h2-6,8-15,21-23H,7,16-20H2,1H3,(H,43,46). The van der Waals surface area contributed by atoms with E-state index in [9.17, 15) is 22.8 Å². The van der Waals surface area contributed by atoms with E-state index in [1.807, 2.05) is 36.4 Å². The molecular weight excluding hydrogens is 635 g/mol. The number of ether oxygens (including phenoxy) is 3. The van der Waals surface area contributed by atoms with Crippen LogP contribution < -0.4 is 19.5 Å². The number of hydrogen-bond donors (Lipinski definition) is 1. The van der Waals surface area contributed by atoms with Crippen LogP contribution in [0.3, 0.4) is 0 Å². The van der Waals surface area contributed by atoms with Crippen molar-refractivity contribution >= 4 is 22.8 Å². The first-order valence-electron chi connectivity index (χ1n) is 15.9. The molecule has 7 rings (SSSR count). The number of carbonyl (C=O) groups is 2. The molecule has 11 heteroatoms. The number of imide groups is 1. The Morgan fingerprint density at radius 2 is 1.69 bits per heavy atom. The van der Waals surface area contributed by atoms with E-state index in [4.69, 9.17) is 14.2 Å². The molecule has 2 aliphatic heterocycles. The smallest absolute Gasteiger partial charge is 0.418 e. The van der Waals surface area contributed by atoms with Gasteiger partial charge in [0.2, 0.25) is 0 Å².